The van der Waals surface area contributed by atoms with Crippen molar-refractivity contribution in [2.45, 2.75) is 53.3 Å². The van der Waals surface area contributed by atoms with E-state index in [0.717, 1.165) is 21.3 Å². The highest BCUT2D eigenvalue weighted by atomic mass is 16.6. The molecule has 0 bridgehead atoms. The maximum absolute atomic E-state index is 13.2. The van der Waals surface area contributed by atoms with Gasteiger partial charge in [-0.2, -0.15) is 0 Å². The van der Waals surface area contributed by atoms with E-state index in [2.05, 4.69) is 15.0 Å². The number of amides is 1. The molecule has 9 nitrogen and oxygen atoms in total. The second-order valence-corrected chi connectivity index (χ2v) is 9.62. The number of nitrogens with zero attached hydrogens (tertiary/aromatic N) is 4. The van der Waals surface area contributed by atoms with Gasteiger partial charge in [0.05, 0.1) is 11.0 Å². The summed E-state index contributed by atoms with van der Waals surface area (Å²) in [6, 6.07) is 13.2. The van der Waals surface area contributed by atoms with Gasteiger partial charge in [-0.25, -0.2) is 19.6 Å². The Hall–Kier alpha value is -4.01. The first-order chi connectivity index (χ1) is 16.5. The first kappa shape index (κ1) is 24.1. The van der Waals surface area contributed by atoms with Crippen molar-refractivity contribution in [2.24, 2.45) is 0 Å². The molecule has 0 aliphatic heterocycles. The monoisotopic (exact) mass is 475 g/mol. The molecule has 0 aliphatic carbocycles. The third-order valence-electron chi connectivity index (χ3n) is 5.66. The molecule has 182 valence electrons. The first-order valence-corrected chi connectivity index (χ1v) is 11.5. The molecule has 0 radical (unpaired) electrons. The third kappa shape index (κ3) is 5.40. The first-order valence-electron chi connectivity index (χ1n) is 11.5. The maximum Gasteiger partial charge on any atom is 0.410 e. The Kier molecular flexibility index (Phi) is 6.43. The number of rotatable bonds is 5. The molecule has 35 heavy (non-hydrogen) atoms. The van der Waals surface area contributed by atoms with Crippen molar-refractivity contribution in [3.63, 3.8) is 0 Å². The second-order valence-electron chi connectivity index (χ2n) is 9.62. The number of hydrogen-bond acceptors (Lipinski definition) is 6. The van der Waals surface area contributed by atoms with Crippen LogP contribution in [0.15, 0.2) is 52.1 Å². The molecule has 0 unspecified atom stereocenters. The largest absolute Gasteiger partial charge is 0.444 e. The minimum absolute atomic E-state index is 0.0250. The Bertz CT molecular complexity index is 1520. The Morgan fingerprint density at radius 3 is 2.29 bits per heavy atom. The minimum Gasteiger partial charge on any atom is -0.444 e. The lowest BCUT2D eigenvalue weighted by Gasteiger charge is -2.27. The fourth-order valence-electron chi connectivity index (χ4n) is 3.73. The average Bonchev–Trinajstić information content (AvgIpc) is 2.78. The van der Waals surface area contributed by atoms with Crippen LogP contribution in [0, 0.1) is 13.8 Å². The summed E-state index contributed by atoms with van der Waals surface area (Å²) in [7, 11) is 0. The van der Waals surface area contributed by atoms with Crippen LogP contribution in [-0.2, 0) is 17.8 Å². The number of aromatic amines is 1. The lowest BCUT2D eigenvalue weighted by atomic mass is 10.1. The van der Waals surface area contributed by atoms with Crippen LogP contribution in [0.2, 0.25) is 0 Å². The minimum atomic E-state index is -0.684. The van der Waals surface area contributed by atoms with Crippen LogP contribution in [0.4, 0.5) is 4.79 Å². The molecule has 2 heterocycles. The molecule has 0 aliphatic rings. The molecular formula is C26H29N5O4. The summed E-state index contributed by atoms with van der Waals surface area (Å²) in [6.45, 7) is 9.64. The van der Waals surface area contributed by atoms with Gasteiger partial charge in [0.25, 0.3) is 5.56 Å². The Morgan fingerprint density at radius 1 is 1.03 bits per heavy atom. The smallest absolute Gasteiger partial charge is 0.410 e. The summed E-state index contributed by atoms with van der Waals surface area (Å²) >= 11 is 0. The number of ether oxygens (including phenoxy) is 1. The Balaban J connectivity index is 1.68. The lowest BCUT2D eigenvalue weighted by Crippen LogP contribution is -2.42. The summed E-state index contributed by atoms with van der Waals surface area (Å²) in [5, 5.41) is 0. The number of carbonyl (C=O) groups is 1. The zero-order chi connectivity index (χ0) is 25.3. The van der Waals surface area contributed by atoms with Crippen molar-refractivity contribution in [1.29, 1.82) is 0 Å². The van der Waals surface area contributed by atoms with Crippen molar-refractivity contribution in [3.05, 3.63) is 80.0 Å². The fraction of sp³-hybridized carbons (Fsp3) is 0.346. The molecule has 0 atom stereocenters. The SMILES string of the molecule is Cc1cc2nc3[nH]c(=O)n(CCN(Cc4ccccc4)C(=O)OC(C)(C)C)c(=O)c3nc2cc1C. The molecule has 0 fully saturated rings. The van der Waals surface area contributed by atoms with Crippen LogP contribution in [0.25, 0.3) is 22.2 Å². The van der Waals surface area contributed by atoms with E-state index >= 15 is 0 Å². The highest BCUT2D eigenvalue weighted by molar-refractivity contribution is 5.84. The van der Waals surface area contributed by atoms with E-state index in [0.29, 0.717) is 11.0 Å². The molecule has 0 saturated carbocycles. The number of hydrogen-bond donors (Lipinski definition) is 1. The van der Waals surface area contributed by atoms with Gasteiger partial charge in [-0.3, -0.25) is 14.3 Å². The van der Waals surface area contributed by atoms with Crippen LogP contribution in [-0.4, -0.2) is 42.7 Å². The van der Waals surface area contributed by atoms with Crippen LogP contribution in [0.1, 0.15) is 37.5 Å². The quantitative estimate of drug-likeness (QED) is 0.441. The van der Waals surface area contributed by atoms with Crippen LogP contribution in [0.5, 0.6) is 0 Å². The van der Waals surface area contributed by atoms with Gasteiger partial charge in [-0.15, -0.1) is 0 Å². The van der Waals surface area contributed by atoms with Crippen LogP contribution < -0.4 is 11.2 Å². The van der Waals surface area contributed by atoms with E-state index in [9.17, 15) is 14.4 Å². The van der Waals surface area contributed by atoms with Crippen molar-refractivity contribution >= 4 is 28.3 Å². The predicted octanol–water partition coefficient (Wildman–Crippen LogP) is 3.69. The van der Waals surface area contributed by atoms with Crippen molar-refractivity contribution in [2.75, 3.05) is 6.54 Å². The average molecular weight is 476 g/mol. The zero-order valence-electron chi connectivity index (χ0n) is 20.6. The summed E-state index contributed by atoms with van der Waals surface area (Å²) in [6.07, 6.45) is -0.525. The number of aryl methyl sites for hydroxylation is 2. The predicted molar refractivity (Wildman–Crippen MR) is 134 cm³/mol. The van der Waals surface area contributed by atoms with Gasteiger partial charge in [0.1, 0.15) is 5.60 Å². The number of aromatic nitrogens is 4. The lowest BCUT2D eigenvalue weighted by molar-refractivity contribution is 0.0226. The fourth-order valence-corrected chi connectivity index (χ4v) is 3.73. The molecule has 9 heteroatoms. The molecule has 1 amide bonds. The molecule has 0 saturated heterocycles. The van der Waals surface area contributed by atoms with Gasteiger partial charge in [-0.1, -0.05) is 30.3 Å². The summed E-state index contributed by atoms with van der Waals surface area (Å²) in [5.41, 5.74) is 2.53. The number of carbonyl (C=O) groups excluding carboxylic acids is 1. The molecule has 2 aromatic carbocycles. The number of fused-ring (bicyclic) bond motifs is 2. The Morgan fingerprint density at radius 2 is 1.66 bits per heavy atom. The van der Waals surface area contributed by atoms with E-state index in [1.54, 1.807) is 20.8 Å². The highest BCUT2D eigenvalue weighted by Crippen LogP contribution is 2.17. The van der Waals surface area contributed by atoms with Crippen molar-refractivity contribution < 1.29 is 9.53 Å². The zero-order valence-corrected chi connectivity index (χ0v) is 20.6. The van der Waals surface area contributed by atoms with E-state index in [1.807, 2.05) is 56.3 Å². The van der Waals surface area contributed by atoms with Gasteiger partial charge < -0.3 is 9.64 Å². The van der Waals surface area contributed by atoms with Gasteiger partial charge in [-0.05, 0) is 63.4 Å². The number of benzene rings is 2. The molecular weight excluding hydrogens is 446 g/mol. The Labute approximate surface area is 202 Å². The van der Waals surface area contributed by atoms with Crippen LogP contribution >= 0.6 is 0 Å². The van der Waals surface area contributed by atoms with Crippen molar-refractivity contribution in [1.82, 2.24) is 24.4 Å². The standard InChI is InChI=1S/C26H29N5O4/c1-16-13-19-20(14-17(16)2)28-22-21(27-19)23(32)31(24(33)29-22)12-11-30(25(34)35-26(3,4)5)15-18-9-7-6-8-10-18/h6-10,13-14H,11-12,15H2,1-5H3,(H,28,29,33). The molecule has 0 spiro atoms. The summed E-state index contributed by atoms with van der Waals surface area (Å²) < 4.78 is 6.60. The second kappa shape index (κ2) is 9.32. The molecule has 4 aromatic rings. The van der Waals surface area contributed by atoms with Crippen LogP contribution in [0.3, 0.4) is 0 Å². The van der Waals surface area contributed by atoms with E-state index < -0.39 is 22.9 Å². The highest BCUT2D eigenvalue weighted by Gasteiger charge is 2.23. The summed E-state index contributed by atoms with van der Waals surface area (Å²) in [5.74, 6) is 0. The van der Waals surface area contributed by atoms with Gasteiger partial charge in [0.2, 0.25) is 0 Å². The molecule has 4 rings (SSSR count). The van der Waals surface area contributed by atoms with E-state index in [4.69, 9.17) is 4.74 Å². The van der Waals surface area contributed by atoms with E-state index in [1.165, 1.54) is 4.90 Å². The topological polar surface area (TPSA) is 110 Å². The number of nitrogens with one attached hydrogen (secondary N) is 1. The molecule has 2 aromatic heterocycles. The number of H-pyrrole nitrogens is 1. The maximum atomic E-state index is 13.2. The summed E-state index contributed by atoms with van der Waals surface area (Å²) in [4.78, 5) is 52.0. The van der Waals surface area contributed by atoms with Gasteiger partial charge >= 0.3 is 11.8 Å². The van der Waals surface area contributed by atoms with Gasteiger partial charge in [0, 0.05) is 19.6 Å². The molecule has 1 N–H and O–H groups in total. The van der Waals surface area contributed by atoms with Crippen molar-refractivity contribution in [3.8, 4) is 0 Å². The normalized spacial score (nSPS) is 11.7. The van der Waals surface area contributed by atoms with E-state index in [-0.39, 0.29) is 30.8 Å². The third-order valence-corrected chi connectivity index (χ3v) is 5.66. The van der Waals surface area contributed by atoms with Gasteiger partial charge in [0.15, 0.2) is 11.2 Å².